The van der Waals surface area contributed by atoms with Crippen molar-refractivity contribution in [3.05, 3.63) is 29.8 Å². The molecule has 172 valence electrons. The van der Waals surface area contributed by atoms with Gasteiger partial charge in [0.05, 0.1) is 6.04 Å². The van der Waals surface area contributed by atoms with E-state index in [0.717, 1.165) is 55.2 Å². The summed E-state index contributed by atoms with van der Waals surface area (Å²) in [6.07, 6.45) is 7.31. The van der Waals surface area contributed by atoms with Crippen LogP contribution in [0.1, 0.15) is 57.9 Å². The Kier molecular flexibility index (Phi) is 6.05. The van der Waals surface area contributed by atoms with Gasteiger partial charge in [-0.1, -0.05) is 30.3 Å². The van der Waals surface area contributed by atoms with Crippen LogP contribution in [-0.2, 0) is 16.1 Å². The number of nitrogens with one attached hydrogen (secondary N) is 2. The first-order valence-electron chi connectivity index (χ1n) is 12.1. The lowest BCUT2D eigenvalue weighted by Crippen LogP contribution is -2.46. The molecule has 4 atom stereocenters. The Morgan fingerprint density at radius 2 is 1.94 bits per heavy atom. The molecule has 4 fully saturated rings. The molecule has 2 aliphatic carbocycles. The second kappa shape index (κ2) is 8.82. The molecule has 32 heavy (non-hydrogen) atoms. The number of hydrogen-bond acceptors (Lipinski definition) is 5. The predicted molar refractivity (Wildman–Crippen MR) is 130 cm³/mol. The first-order chi connectivity index (χ1) is 15.4. The molecule has 7 heteroatoms. The first kappa shape index (κ1) is 22.0. The van der Waals surface area contributed by atoms with Crippen LogP contribution in [0, 0.1) is 17.8 Å². The van der Waals surface area contributed by atoms with Crippen molar-refractivity contribution in [2.75, 3.05) is 18.4 Å². The Morgan fingerprint density at radius 3 is 2.56 bits per heavy atom. The van der Waals surface area contributed by atoms with Gasteiger partial charge in [-0.05, 0) is 87.6 Å². The van der Waals surface area contributed by atoms with Crippen molar-refractivity contribution in [2.45, 2.75) is 69.7 Å². The number of carbonyl (C=O) groups excluding carboxylic acids is 2. The van der Waals surface area contributed by atoms with Gasteiger partial charge >= 0.3 is 0 Å². The first-order valence-corrected chi connectivity index (χ1v) is 12.9. The second-order valence-corrected chi connectivity index (χ2v) is 11.7. The van der Waals surface area contributed by atoms with E-state index in [-0.39, 0.29) is 11.8 Å². The number of fused-ring (bicyclic) bond motifs is 2. The van der Waals surface area contributed by atoms with Gasteiger partial charge in [0.25, 0.3) is 0 Å². The molecule has 1 aromatic carbocycles. The van der Waals surface area contributed by atoms with Crippen LogP contribution in [0.15, 0.2) is 29.3 Å². The molecule has 2 unspecified atom stereocenters. The summed E-state index contributed by atoms with van der Waals surface area (Å²) in [5.74, 6) is 2.09. The Hall–Kier alpha value is -1.86. The molecule has 0 spiro atoms. The number of carbonyl (C=O) groups is 2. The molecular formula is C25H34N4O2S. The predicted octanol–water partition coefficient (Wildman–Crippen LogP) is 4.02. The van der Waals surface area contributed by atoms with Crippen LogP contribution in [0.4, 0.5) is 5.69 Å². The van der Waals surface area contributed by atoms with E-state index in [4.69, 9.17) is 4.99 Å². The quantitative estimate of drug-likeness (QED) is 0.705. The van der Waals surface area contributed by atoms with E-state index < -0.39 is 4.75 Å². The summed E-state index contributed by atoms with van der Waals surface area (Å²) in [5.41, 5.74) is 2.08. The summed E-state index contributed by atoms with van der Waals surface area (Å²) < 4.78 is -0.400. The summed E-state index contributed by atoms with van der Waals surface area (Å²) >= 11 is 1.69. The molecule has 2 aliphatic heterocycles. The van der Waals surface area contributed by atoms with Gasteiger partial charge in [-0.3, -0.25) is 19.5 Å². The van der Waals surface area contributed by atoms with E-state index in [9.17, 15) is 9.59 Å². The lowest BCUT2D eigenvalue weighted by molar-refractivity contribution is -0.123. The van der Waals surface area contributed by atoms with Gasteiger partial charge in [0.2, 0.25) is 11.8 Å². The van der Waals surface area contributed by atoms with Gasteiger partial charge in [-0.2, -0.15) is 0 Å². The molecule has 2 N–H and O–H groups in total. The van der Waals surface area contributed by atoms with Crippen molar-refractivity contribution in [3.8, 4) is 0 Å². The topological polar surface area (TPSA) is 73.8 Å². The van der Waals surface area contributed by atoms with Crippen LogP contribution in [-0.4, -0.2) is 45.8 Å². The highest BCUT2D eigenvalue weighted by Crippen LogP contribution is 2.48. The standard InChI is InChI=1S/C25H34N4O2S/c1-16(30)26-21-7-4-17(5-8-21)15-29-11-9-20(10-12-29)25(2)23(31)28-24(32-25)27-22-14-18-3-6-19(22)13-18/h4-5,7-8,18-20,22H,3,6,9-15H2,1-2H3,(H,26,30)(H,27,28,31)/t18-,19?,22+,25?/m1/s1. The third-order valence-corrected chi connectivity index (χ3v) is 9.35. The number of nitrogens with zero attached hydrogens (tertiary/aromatic N) is 2. The third-order valence-electron chi connectivity index (χ3n) is 8.01. The van der Waals surface area contributed by atoms with E-state index in [1.54, 1.807) is 11.8 Å². The maximum absolute atomic E-state index is 13.0. The van der Waals surface area contributed by atoms with Gasteiger partial charge in [0.15, 0.2) is 5.17 Å². The number of amidine groups is 1. The SMILES string of the molecule is CC(=O)Nc1ccc(CN2CCC(C3(C)SC(=N[C@H]4C[C@@H]5CCC4C5)NC3=O)CC2)cc1. The van der Waals surface area contributed by atoms with Crippen molar-refractivity contribution in [2.24, 2.45) is 22.7 Å². The van der Waals surface area contributed by atoms with E-state index >= 15 is 0 Å². The van der Waals surface area contributed by atoms with Crippen LogP contribution in [0.25, 0.3) is 0 Å². The van der Waals surface area contributed by atoms with Crippen LogP contribution in [0.2, 0.25) is 0 Å². The second-order valence-electron chi connectivity index (χ2n) is 10.3. The van der Waals surface area contributed by atoms with Crippen molar-refractivity contribution in [1.29, 1.82) is 0 Å². The molecule has 2 saturated heterocycles. The third kappa shape index (κ3) is 4.46. The molecule has 0 aromatic heterocycles. The molecule has 2 saturated carbocycles. The summed E-state index contributed by atoms with van der Waals surface area (Å²) in [7, 11) is 0. The molecule has 2 bridgehead atoms. The maximum Gasteiger partial charge on any atom is 0.242 e. The number of aliphatic imine (C=N–C) groups is 1. The number of amides is 2. The summed E-state index contributed by atoms with van der Waals surface area (Å²) in [6.45, 7) is 6.55. The van der Waals surface area contributed by atoms with Gasteiger partial charge in [0.1, 0.15) is 4.75 Å². The average Bonchev–Trinajstić information content (AvgIpc) is 3.45. The van der Waals surface area contributed by atoms with E-state index in [1.807, 2.05) is 12.1 Å². The van der Waals surface area contributed by atoms with E-state index in [0.29, 0.717) is 12.0 Å². The van der Waals surface area contributed by atoms with Gasteiger partial charge in [-0.25, -0.2) is 0 Å². The number of thioether (sulfide) groups is 1. The highest BCUT2D eigenvalue weighted by Gasteiger charge is 2.49. The Bertz CT molecular complexity index is 909. The Morgan fingerprint density at radius 1 is 1.19 bits per heavy atom. The minimum atomic E-state index is -0.400. The monoisotopic (exact) mass is 454 g/mol. The average molecular weight is 455 g/mol. The van der Waals surface area contributed by atoms with Gasteiger partial charge < -0.3 is 10.6 Å². The van der Waals surface area contributed by atoms with Crippen LogP contribution < -0.4 is 10.6 Å². The molecule has 1 aromatic rings. The zero-order valence-corrected chi connectivity index (χ0v) is 19.9. The normalized spacial score (nSPS) is 34.2. The zero-order valence-electron chi connectivity index (χ0n) is 19.1. The van der Waals surface area contributed by atoms with Crippen LogP contribution >= 0.6 is 11.8 Å². The molecule has 2 amide bonds. The largest absolute Gasteiger partial charge is 0.326 e. The minimum Gasteiger partial charge on any atom is -0.326 e. The molecule has 6 nitrogen and oxygen atoms in total. The van der Waals surface area contributed by atoms with E-state index in [2.05, 4.69) is 34.6 Å². The number of benzene rings is 1. The fraction of sp³-hybridized carbons (Fsp3) is 0.640. The minimum absolute atomic E-state index is 0.0502. The number of likely N-dealkylation sites (tertiary alicyclic amines) is 1. The number of rotatable bonds is 5. The molecular weight excluding hydrogens is 420 g/mol. The zero-order chi connectivity index (χ0) is 22.3. The molecule has 4 aliphatic rings. The van der Waals surface area contributed by atoms with Crippen molar-refractivity contribution >= 4 is 34.4 Å². The number of hydrogen-bond donors (Lipinski definition) is 2. The van der Waals surface area contributed by atoms with Crippen LogP contribution in [0.5, 0.6) is 0 Å². The molecule has 2 heterocycles. The fourth-order valence-corrected chi connectivity index (χ4v) is 7.42. The molecule has 0 radical (unpaired) electrons. The lowest BCUT2D eigenvalue weighted by atomic mass is 9.84. The van der Waals surface area contributed by atoms with Crippen molar-refractivity contribution in [1.82, 2.24) is 10.2 Å². The number of anilines is 1. The van der Waals surface area contributed by atoms with Crippen molar-refractivity contribution < 1.29 is 9.59 Å². The highest BCUT2D eigenvalue weighted by atomic mass is 32.2. The summed E-state index contributed by atoms with van der Waals surface area (Å²) in [5, 5.41) is 6.81. The smallest absolute Gasteiger partial charge is 0.242 e. The lowest BCUT2D eigenvalue weighted by Gasteiger charge is -2.38. The molecule has 5 rings (SSSR count). The van der Waals surface area contributed by atoms with Gasteiger partial charge in [-0.15, -0.1) is 0 Å². The highest BCUT2D eigenvalue weighted by molar-refractivity contribution is 8.16. The summed E-state index contributed by atoms with van der Waals surface area (Å²) in [6, 6.07) is 8.51. The Labute approximate surface area is 195 Å². The van der Waals surface area contributed by atoms with E-state index in [1.165, 1.54) is 38.2 Å². The summed E-state index contributed by atoms with van der Waals surface area (Å²) in [4.78, 5) is 31.6. The Balaban J connectivity index is 1.15. The number of piperidine rings is 1. The van der Waals surface area contributed by atoms with Gasteiger partial charge in [0, 0.05) is 19.2 Å². The van der Waals surface area contributed by atoms with Crippen molar-refractivity contribution in [3.63, 3.8) is 0 Å². The van der Waals surface area contributed by atoms with Crippen LogP contribution in [0.3, 0.4) is 0 Å². The fourth-order valence-electron chi connectivity index (χ4n) is 6.14. The maximum atomic E-state index is 13.0.